The third-order valence-corrected chi connectivity index (χ3v) is 7.46. The molecule has 10 nitrogen and oxygen atoms in total. The van der Waals surface area contributed by atoms with E-state index >= 15 is 0 Å². The van der Waals surface area contributed by atoms with Crippen LogP contribution >= 0.6 is 11.6 Å². The van der Waals surface area contributed by atoms with Crippen molar-refractivity contribution in [2.45, 2.75) is 19.5 Å². The van der Waals surface area contributed by atoms with E-state index < -0.39 is 23.6 Å². The highest BCUT2D eigenvalue weighted by Gasteiger charge is 2.34. The molecule has 0 atom stereocenters. The Hall–Kier alpha value is -4.88. The van der Waals surface area contributed by atoms with Gasteiger partial charge in [-0.15, -0.1) is 0 Å². The van der Waals surface area contributed by atoms with Crippen LogP contribution in [0.4, 0.5) is 18.9 Å². The van der Waals surface area contributed by atoms with Gasteiger partial charge in [0.15, 0.2) is 0 Å². The lowest BCUT2D eigenvalue weighted by atomic mass is 10.0. The Labute approximate surface area is 253 Å². The van der Waals surface area contributed by atoms with Gasteiger partial charge in [-0.2, -0.15) is 18.3 Å². The number of methoxy groups -OCH3 is 1. The lowest BCUT2D eigenvalue weighted by molar-refractivity contribution is -0.137. The Morgan fingerprint density at radius 3 is 2.39 bits per heavy atom. The molecule has 2 aromatic carbocycles. The second-order valence-electron chi connectivity index (χ2n) is 9.96. The Morgan fingerprint density at radius 1 is 1.09 bits per heavy atom. The van der Waals surface area contributed by atoms with Gasteiger partial charge in [0.25, 0.3) is 5.91 Å². The van der Waals surface area contributed by atoms with Crippen LogP contribution in [-0.2, 0) is 24.4 Å². The maximum absolute atomic E-state index is 14.1. The molecule has 0 aliphatic heterocycles. The molecule has 0 fully saturated rings. The molecule has 3 aromatic heterocycles. The Morgan fingerprint density at radius 2 is 1.80 bits per heavy atom. The number of primary amides is 1. The van der Waals surface area contributed by atoms with Crippen molar-refractivity contribution < 1.29 is 27.5 Å². The summed E-state index contributed by atoms with van der Waals surface area (Å²) in [5.74, 6) is -1.14. The normalized spacial score (nSPS) is 11.7. The van der Waals surface area contributed by atoms with Gasteiger partial charge in [-0.25, -0.2) is 14.0 Å². The summed E-state index contributed by atoms with van der Waals surface area (Å²) in [6, 6.07) is 14.1. The van der Waals surface area contributed by atoms with E-state index in [2.05, 4.69) is 10.4 Å². The number of carbonyl (C=O) groups is 2. The highest BCUT2D eigenvalue weighted by Crippen LogP contribution is 2.41. The zero-order valence-electron chi connectivity index (χ0n) is 23.7. The van der Waals surface area contributed by atoms with E-state index in [0.717, 1.165) is 12.1 Å². The number of hydrogen-bond acceptors (Lipinski definition) is 5. The van der Waals surface area contributed by atoms with Crippen LogP contribution < -0.4 is 16.7 Å². The van der Waals surface area contributed by atoms with Gasteiger partial charge >= 0.3 is 11.9 Å². The van der Waals surface area contributed by atoms with Gasteiger partial charge in [-0.05, 0) is 55.0 Å². The molecule has 0 radical (unpaired) electrons. The summed E-state index contributed by atoms with van der Waals surface area (Å²) in [6.07, 6.45) is -4.61. The molecule has 0 aliphatic carbocycles. The first kappa shape index (κ1) is 30.6. The number of amides is 2. The predicted molar refractivity (Wildman–Crippen MR) is 158 cm³/mol. The number of rotatable bonds is 8. The molecule has 2 amide bonds. The SMILES string of the molecule is COCCc1c(-c2ccc(-n3c(C)nn(C)c3=O)cc2)c(Cl)c2cc(C(F)(F)F)cc(C(=O)Nc3cccc(C(N)=O)c3)n12. The Balaban J connectivity index is 1.71. The van der Waals surface area contributed by atoms with Gasteiger partial charge in [-0.3, -0.25) is 9.59 Å². The van der Waals surface area contributed by atoms with Crippen molar-refractivity contribution in [3.05, 3.63) is 105 Å². The highest BCUT2D eigenvalue weighted by molar-refractivity contribution is 6.37. The number of aromatic nitrogens is 4. The fraction of sp³-hybridized carbons (Fsp3) is 0.200. The molecule has 0 bridgehead atoms. The van der Waals surface area contributed by atoms with Crippen molar-refractivity contribution in [3.63, 3.8) is 0 Å². The minimum Gasteiger partial charge on any atom is -0.384 e. The number of fused-ring (bicyclic) bond motifs is 1. The maximum atomic E-state index is 14.1. The Kier molecular flexibility index (Phi) is 8.10. The number of aryl methyl sites for hydroxylation is 2. The van der Waals surface area contributed by atoms with Crippen molar-refractivity contribution >= 4 is 34.6 Å². The average molecular weight is 627 g/mol. The van der Waals surface area contributed by atoms with Crippen LogP contribution in [0.15, 0.2) is 65.5 Å². The number of carbonyl (C=O) groups excluding carboxylic acids is 2. The number of ether oxygens (including phenoxy) is 1. The molecule has 14 heteroatoms. The van der Waals surface area contributed by atoms with Crippen LogP contribution in [0, 0.1) is 6.92 Å². The minimum absolute atomic E-state index is 0.00514. The highest BCUT2D eigenvalue weighted by atomic mass is 35.5. The fourth-order valence-electron chi connectivity index (χ4n) is 5.08. The van der Waals surface area contributed by atoms with Gasteiger partial charge in [0.1, 0.15) is 11.5 Å². The van der Waals surface area contributed by atoms with E-state index in [9.17, 15) is 27.6 Å². The molecule has 5 rings (SSSR count). The van der Waals surface area contributed by atoms with Crippen LogP contribution in [0.5, 0.6) is 0 Å². The van der Waals surface area contributed by atoms with E-state index in [1.807, 2.05) is 0 Å². The maximum Gasteiger partial charge on any atom is 0.416 e. The zero-order valence-corrected chi connectivity index (χ0v) is 24.5. The average Bonchev–Trinajstić information content (AvgIpc) is 3.41. The van der Waals surface area contributed by atoms with Crippen molar-refractivity contribution in [1.82, 2.24) is 18.7 Å². The number of nitrogens with one attached hydrogen (secondary N) is 1. The summed E-state index contributed by atoms with van der Waals surface area (Å²) in [5.41, 5.74) is 5.69. The van der Waals surface area contributed by atoms with E-state index in [0.29, 0.717) is 28.3 Å². The molecule has 0 saturated carbocycles. The second kappa shape index (κ2) is 11.7. The molecule has 3 heterocycles. The molecule has 0 saturated heterocycles. The van der Waals surface area contributed by atoms with Crippen LogP contribution in [0.25, 0.3) is 22.3 Å². The standard InChI is InChI=1S/C30H26ClF3N6O4/c1-16-37-38(2)29(43)39(16)21-9-7-17(8-10-21)25-22(11-12-44-3)40-23(26(25)31)14-19(30(32,33)34)15-24(40)28(42)36-20-6-4-5-18(13-20)27(35)41/h4-10,13-15H,11-12H2,1-3H3,(H2,35,41)(H,36,42). The van der Waals surface area contributed by atoms with E-state index in [4.69, 9.17) is 22.1 Å². The van der Waals surface area contributed by atoms with Gasteiger partial charge in [0.05, 0.1) is 28.4 Å². The van der Waals surface area contributed by atoms with E-state index in [1.54, 1.807) is 31.2 Å². The first-order chi connectivity index (χ1) is 20.8. The fourth-order valence-corrected chi connectivity index (χ4v) is 5.44. The molecule has 3 N–H and O–H groups in total. The van der Waals surface area contributed by atoms with Gasteiger partial charge in [-0.1, -0.05) is 29.8 Å². The summed E-state index contributed by atoms with van der Waals surface area (Å²) in [6.45, 7) is 1.85. The number of pyridine rings is 1. The van der Waals surface area contributed by atoms with Gasteiger partial charge < -0.3 is 20.2 Å². The monoisotopic (exact) mass is 626 g/mol. The molecule has 228 valence electrons. The number of nitrogens with two attached hydrogens (primary N) is 1. The summed E-state index contributed by atoms with van der Waals surface area (Å²) >= 11 is 6.82. The zero-order chi connectivity index (χ0) is 31.9. The lowest BCUT2D eigenvalue weighted by Gasteiger charge is -2.15. The number of alkyl halides is 3. The summed E-state index contributed by atoms with van der Waals surface area (Å²) < 4.78 is 51.5. The summed E-state index contributed by atoms with van der Waals surface area (Å²) in [4.78, 5) is 37.8. The molecular formula is C30H26ClF3N6O4. The number of anilines is 1. The lowest BCUT2D eigenvalue weighted by Crippen LogP contribution is -2.21. The topological polar surface area (TPSA) is 126 Å². The quantitative estimate of drug-likeness (QED) is 0.250. The molecule has 0 spiro atoms. The Bertz CT molecular complexity index is 1980. The summed E-state index contributed by atoms with van der Waals surface area (Å²) in [7, 11) is 3.01. The van der Waals surface area contributed by atoms with Crippen LogP contribution in [0.3, 0.4) is 0 Å². The minimum atomic E-state index is -4.79. The smallest absolute Gasteiger partial charge is 0.384 e. The van der Waals surface area contributed by atoms with E-state index in [-0.39, 0.29) is 46.2 Å². The van der Waals surface area contributed by atoms with Crippen LogP contribution in [0.2, 0.25) is 5.02 Å². The first-order valence-corrected chi connectivity index (χ1v) is 13.6. The number of benzene rings is 2. The van der Waals surface area contributed by atoms with Crippen molar-refractivity contribution in [2.75, 3.05) is 19.0 Å². The van der Waals surface area contributed by atoms with Gasteiger partial charge in [0.2, 0.25) is 5.91 Å². The third kappa shape index (κ3) is 5.58. The molecular weight excluding hydrogens is 601 g/mol. The number of halogens is 4. The first-order valence-electron chi connectivity index (χ1n) is 13.2. The van der Waals surface area contributed by atoms with Crippen LogP contribution in [0.1, 0.15) is 37.9 Å². The van der Waals surface area contributed by atoms with Crippen molar-refractivity contribution in [3.8, 4) is 16.8 Å². The van der Waals surface area contributed by atoms with Crippen LogP contribution in [-0.4, -0.2) is 44.3 Å². The summed E-state index contributed by atoms with van der Waals surface area (Å²) in [5, 5.41) is 6.69. The molecule has 0 aliphatic rings. The molecule has 44 heavy (non-hydrogen) atoms. The van der Waals surface area contributed by atoms with E-state index in [1.165, 1.54) is 52.1 Å². The predicted octanol–water partition coefficient (Wildman–Crippen LogP) is 5.01. The number of hydrogen-bond donors (Lipinski definition) is 2. The second-order valence-corrected chi connectivity index (χ2v) is 10.3. The van der Waals surface area contributed by atoms with Crippen molar-refractivity contribution in [2.24, 2.45) is 12.8 Å². The third-order valence-electron chi connectivity index (χ3n) is 7.08. The molecule has 0 unspecified atom stereocenters. The molecule has 5 aromatic rings. The van der Waals surface area contributed by atoms with Gasteiger partial charge in [0, 0.05) is 43.1 Å². The largest absolute Gasteiger partial charge is 0.416 e. The van der Waals surface area contributed by atoms with Crippen molar-refractivity contribution in [1.29, 1.82) is 0 Å². The number of nitrogens with zero attached hydrogens (tertiary/aromatic N) is 4.